The SMILES string of the molecule is C[C@@H](C(=O)Nc1ccc(-n2cc(CO)nn2)cc1)c1ccsc1. The van der Waals surface area contributed by atoms with Crippen molar-refractivity contribution in [2.75, 3.05) is 5.32 Å². The minimum atomic E-state index is -0.191. The number of nitrogens with zero attached hydrogens (tertiary/aromatic N) is 3. The summed E-state index contributed by atoms with van der Waals surface area (Å²) in [5, 5.41) is 23.6. The molecular formula is C16H16N4O2S. The summed E-state index contributed by atoms with van der Waals surface area (Å²) in [6.07, 6.45) is 1.66. The van der Waals surface area contributed by atoms with Gasteiger partial charge in [0, 0.05) is 5.69 Å². The summed E-state index contributed by atoms with van der Waals surface area (Å²) in [4.78, 5) is 12.2. The number of hydrogen-bond acceptors (Lipinski definition) is 5. The van der Waals surface area contributed by atoms with Crippen LogP contribution in [0.1, 0.15) is 24.1 Å². The van der Waals surface area contributed by atoms with Crippen molar-refractivity contribution in [3.8, 4) is 5.69 Å². The summed E-state index contributed by atoms with van der Waals surface area (Å²) >= 11 is 1.58. The van der Waals surface area contributed by atoms with Crippen molar-refractivity contribution in [3.63, 3.8) is 0 Å². The summed E-state index contributed by atoms with van der Waals surface area (Å²) in [5.74, 6) is -0.233. The summed E-state index contributed by atoms with van der Waals surface area (Å²) in [6.45, 7) is 1.74. The minimum Gasteiger partial charge on any atom is -0.390 e. The number of benzene rings is 1. The molecule has 3 aromatic rings. The molecule has 0 aliphatic carbocycles. The smallest absolute Gasteiger partial charge is 0.231 e. The molecule has 6 nitrogen and oxygen atoms in total. The monoisotopic (exact) mass is 328 g/mol. The van der Waals surface area contributed by atoms with Gasteiger partial charge < -0.3 is 10.4 Å². The molecule has 0 radical (unpaired) electrons. The Hall–Kier alpha value is -2.51. The van der Waals surface area contributed by atoms with E-state index in [1.807, 2.05) is 48.0 Å². The molecule has 23 heavy (non-hydrogen) atoms. The fourth-order valence-corrected chi connectivity index (χ4v) is 2.87. The van der Waals surface area contributed by atoms with Gasteiger partial charge in [0.15, 0.2) is 0 Å². The predicted molar refractivity (Wildman–Crippen MR) is 88.6 cm³/mol. The average Bonchev–Trinajstić information content (AvgIpc) is 3.26. The highest BCUT2D eigenvalue weighted by Gasteiger charge is 2.15. The van der Waals surface area contributed by atoms with Gasteiger partial charge in [-0.2, -0.15) is 11.3 Å². The Bertz CT molecular complexity index is 781. The molecule has 1 amide bonds. The molecule has 0 aliphatic rings. The van der Waals surface area contributed by atoms with Crippen molar-refractivity contribution in [3.05, 3.63) is 58.5 Å². The molecule has 0 spiro atoms. The van der Waals surface area contributed by atoms with Gasteiger partial charge in [0.05, 0.1) is 24.4 Å². The molecule has 118 valence electrons. The number of rotatable bonds is 5. The van der Waals surface area contributed by atoms with Crippen LogP contribution in [0.2, 0.25) is 0 Å². The lowest BCUT2D eigenvalue weighted by Gasteiger charge is -2.11. The largest absolute Gasteiger partial charge is 0.390 e. The normalized spacial score (nSPS) is 12.1. The molecule has 1 aromatic carbocycles. The molecule has 3 rings (SSSR count). The van der Waals surface area contributed by atoms with Crippen LogP contribution in [0, 0.1) is 0 Å². The van der Waals surface area contributed by atoms with Crippen molar-refractivity contribution < 1.29 is 9.90 Å². The van der Waals surface area contributed by atoms with E-state index in [1.54, 1.807) is 22.2 Å². The zero-order valence-corrected chi connectivity index (χ0v) is 13.3. The van der Waals surface area contributed by atoms with Crippen LogP contribution in [0.4, 0.5) is 5.69 Å². The fraction of sp³-hybridized carbons (Fsp3) is 0.188. The molecule has 0 saturated heterocycles. The summed E-state index contributed by atoms with van der Waals surface area (Å²) in [6, 6.07) is 9.25. The molecule has 0 aliphatic heterocycles. The third-order valence-corrected chi connectivity index (χ3v) is 4.24. The summed E-state index contributed by atoms with van der Waals surface area (Å²) in [5.41, 5.74) is 3.06. The number of aliphatic hydroxyl groups excluding tert-OH is 1. The Morgan fingerprint density at radius 1 is 1.35 bits per heavy atom. The van der Waals surface area contributed by atoms with Gasteiger partial charge in [-0.15, -0.1) is 5.10 Å². The molecule has 0 fully saturated rings. The van der Waals surface area contributed by atoms with Crippen LogP contribution >= 0.6 is 11.3 Å². The second-order valence-electron chi connectivity index (χ2n) is 5.13. The van der Waals surface area contributed by atoms with Gasteiger partial charge in [0.25, 0.3) is 0 Å². The Balaban J connectivity index is 1.68. The molecule has 0 unspecified atom stereocenters. The number of thiophene rings is 1. The number of nitrogens with one attached hydrogen (secondary N) is 1. The van der Waals surface area contributed by atoms with E-state index in [4.69, 9.17) is 5.11 Å². The lowest BCUT2D eigenvalue weighted by molar-refractivity contribution is -0.117. The molecule has 0 saturated carbocycles. The Labute approximate surface area is 137 Å². The first kappa shape index (κ1) is 15.4. The van der Waals surface area contributed by atoms with E-state index < -0.39 is 0 Å². The first-order chi connectivity index (χ1) is 11.2. The zero-order valence-electron chi connectivity index (χ0n) is 12.5. The van der Waals surface area contributed by atoms with Gasteiger partial charge >= 0.3 is 0 Å². The highest BCUT2D eigenvalue weighted by Crippen LogP contribution is 2.21. The Morgan fingerprint density at radius 3 is 2.74 bits per heavy atom. The average molecular weight is 328 g/mol. The number of anilines is 1. The van der Waals surface area contributed by atoms with Gasteiger partial charge in [-0.1, -0.05) is 5.21 Å². The maximum Gasteiger partial charge on any atom is 0.231 e. The molecule has 0 bridgehead atoms. The van der Waals surface area contributed by atoms with Crippen molar-refractivity contribution in [2.24, 2.45) is 0 Å². The third kappa shape index (κ3) is 3.46. The van der Waals surface area contributed by atoms with Crippen molar-refractivity contribution in [1.29, 1.82) is 0 Å². The summed E-state index contributed by atoms with van der Waals surface area (Å²) < 4.78 is 1.57. The van der Waals surface area contributed by atoms with E-state index in [0.29, 0.717) is 5.69 Å². The molecule has 2 N–H and O–H groups in total. The second-order valence-corrected chi connectivity index (χ2v) is 5.91. The number of hydrogen-bond donors (Lipinski definition) is 2. The number of amides is 1. The van der Waals surface area contributed by atoms with Crippen molar-refractivity contribution in [2.45, 2.75) is 19.4 Å². The zero-order chi connectivity index (χ0) is 16.2. The second kappa shape index (κ2) is 6.72. The highest BCUT2D eigenvalue weighted by atomic mass is 32.1. The Morgan fingerprint density at radius 2 is 2.13 bits per heavy atom. The van der Waals surface area contributed by atoms with Gasteiger partial charge in [-0.25, -0.2) is 4.68 Å². The molecule has 2 heterocycles. The molecule has 1 atom stereocenters. The topological polar surface area (TPSA) is 80.0 Å². The van der Waals surface area contributed by atoms with E-state index in [0.717, 1.165) is 16.9 Å². The van der Waals surface area contributed by atoms with Crippen LogP contribution in [0.25, 0.3) is 5.69 Å². The summed E-state index contributed by atoms with van der Waals surface area (Å²) in [7, 11) is 0. The number of carbonyl (C=O) groups excluding carboxylic acids is 1. The van der Waals surface area contributed by atoms with Crippen LogP contribution < -0.4 is 5.32 Å². The molecule has 7 heteroatoms. The van der Waals surface area contributed by atoms with Gasteiger partial charge in [0.2, 0.25) is 5.91 Å². The van der Waals surface area contributed by atoms with Crippen molar-refractivity contribution >= 4 is 22.9 Å². The lowest BCUT2D eigenvalue weighted by Crippen LogP contribution is -2.18. The van der Waals surface area contributed by atoms with Gasteiger partial charge in [-0.3, -0.25) is 4.79 Å². The number of aliphatic hydroxyl groups is 1. The quantitative estimate of drug-likeness (QED) is 0.754. The predicted octanol–water partition coefficient (Wildman–Crippen LogP) is 2.56. The van der Waals surface area contributed by atoms with Gasteiger partial charge in [0.1, 0.15) is 5.69 Å². The fourth-order valence-electron chi connectivity index (χ4n) is 2.12. The minimum absolute atomic E-state index is 0.0422. The van der Waals surface area contributed by atoms with Crippen LogP contribution in [0.15, 0.2) is 47.3 Å². The molecule has 2 aromatic heterocycles. The van der Waals surface area contributed by atoms with Crippen LogP contribution in [-0.2, 0) is 11.4 Å². The standard InChI is InChI=1S/C16H16N4O2S/c1-11(12-6-7-23-10-12)16(22)17-13-2-4-15(5-3-13)20-8-14(9-21)18-19-20/h2-8,10-11,21H,9H2,1H3,(H,17,22)/t11-/m1/s1. The first-order valence-corrected chi connectivity index (χ1v) is 8.07. The first-order valence-electron chi connectivity index (χ1n) is 7.13. The van der Waals surface area contributed by atoms with E-state index in [2.05, 4.69) is 15.6 Å². The van der Waals surface area contributed by atoms with E-state index in [9.17, 15) is 4.79 Å². The van der Waals surface area contributed by atoms with E-state index in [-0.39, 0.29) is 18.4 Å². The van der Waals surface area contributed by atoms with Crippen molar-refractivity contribution in [1.82, 2.24) is 15.0 Å². The maximum atomic E-state index is 12.2. The van der Waals surface area contributed by atoms with Crippen LogP contribution in [-0.4, -0.2) is 26.0 Å². The van der Waals surface area contributed by atoms with Crippen LogP contribution in [0.3, 0.4) is 0 Å². The molecular weight excluding hydrogens is 312 g/mol. The van der Waals surface area contributed by atoms with Gasteiger partial charge in [-0.05, 0) is 53.6 Å². The van der Waals surface area contributed by atoms with E-state index >= 15 is 0 Å². The Kier molecular flexibility index (Phi) is 4.50. The highest BCUT2D eigenvalue weighted by molar-refractivity contribution is 7.08. The van der Waals surface area contributed by atoms with E-state index in [1.165, 1.54) is 0 Å². The number of aromatic nitrogens is 3. The maximum absolute atomic E-state index is 12.2. The number of carbonyl (C=O) groups is 1. The third-order valence-electron chi connectivity index (χ3n) is 3.54. The van der Waals surface area contributed by atoms with Crippen LogP contribution in [0.5, 0.6) is 0 Å². The lowest BCUT2D eigenvalue weighted by atomic mass is 10.0.